The van der Waals surface area contributed by atoms with Crippen LogP contribution in [0.15, 0.2) is 30.6 Å². The second-order valence-electron chi connectivity index (χ2n) is 4.54. The molecule has 0 spiro atoms. The lowest BCUT2D eigenvalue weighted by Crippen LogP contribution is -2.13. The molecule has 100 valence electrons. The number of carbonyl (C=O) groups excluding carboxylic acids is 1. The average molecular weight is 258 g/mol. The summed E-state index contributed by atoms with van der Waals surface area (Å²) in [7, 11) is 0. The van der Waals surface area contributed by atoms with E-state index in [1.54, 1.807) is 4.68 Å². The first-order valence-electron chi connectivity index (χ1n) is 6.42. The number of nitrogens with two attached hydrogens (primary N) is 1. The highest BCUT2D eigenvalue weighted by molar-refractivity contribution is 5.82. The van der Waals surface area contributed by atoms with Crippen molar-refractivity contribution in [1.29, 1.82) is 0 Å². The molecule has 2 rings (SSSR count). The summed E-state index contributed by atoms with van der Waals surface area (Å²) in [6.07, 6.45) is 3.16. The van der Waals surface area contributed by atoms with E-state index in [9.17, 15) is 4.79 Å². The van der Waals surface area contributed by atoms with Gasteiger partial charge in [-0.15, -0.1) is 0 Å². The van der Waals surface area contributed by atoms with E-state index in [0.29, 0.717) is 18.5 Å². The standard InChI is InChI=1S/C14H18N4O/c1-2-6-18-14(16-10-17-18)9-13(19)8-11-4-3-5-12(15)7-11/h3-5,7,10H,2,6,8-9,15H2,1H3. The van der Waals surface area contributed by atoms with Gasteiger partial charge in [-0.3, -0.25) is 4.79 Å². The molecule has 0 aliphatic heterocycles. The van der Waals surface area contributed by atoms with Gasteiger partial charge in [0.05, 0.1) is 6.42 Å². The van der Waals surface area contributed by atoms with Crippen LogP contribution in [0.3, 0.4) is 0 Å². The molecule has 0 bridgehead atoms. The van der Waals surface area contributed by atoms with Crippen molar-refractivity contribution in [3.05, 3.63) is 42.0 Å². The molecule has 0 amide bonds. The Morgan fingerprint density at radius 1 is 1.37 bits per heavy atom. The minimum absolute atomic E-state index is 0.121. The van der Waals surface area contributed by atoms with Gasteiger partial charge in [0.15, 0.2) is 0 Å². The molecule has 19 heavy (non-hydrogen) atoms. The number of anilines is 1. The van der Waals surface area contributed by atoms with Crippen molar-refractivity contribution >= 4 is 11.5 Å². The SMILES string of the molecule is CCCn1ncnc1CC(=O)Cc1cccc(N)c1. The smallest absolute Gasteiger partial charge is 0.144 e. The summed E-state index contributed by atoms with van der Waals surface area (Å²) in [5.74, 6) is 0.853. The number of carbonyl (C=O) groups is 1. The predicted molar refractivity (Wildman–Crippen MR) is 73.6 cm³/mol. The number of benzene rings is 1. The zero-order valence-electron chi connectivity index (χ0n) is 11.0. The number of hydrogen-bond acceptors (Lipinski definition) is 4. The van der Waals surface area contributed by atoms with Crippen LogP contribution in [0.5, 0.6) is 0 Å². The monoisotopic (exact) mass is 258 g/mol. The third kappa shape index (κ3) is 3.64. The number of aryl methyl sites for hydroxylation is 1. The van der Waals surface area contributed by atoms with Crippen LogP contribution in [0, 0.1) is 0 Å². The summed E-state index contributed by atoms with van der Waals surface area (Å²) in [6, 6.07) is 7.41. The third-order valence-electron chi connectivity index (χ3n) is 2.84. The van der Waals surface area contributed by atoms with Gasteiger partial charge in [0.1, 0.15) is 17.9 Å². The number of hydrogen-bond donors (Lipinski definition) is 1. The van der Waals surface area contributed by atoms with Crippen molar-refractivity contribution < 1.29 is 4.79 Å². The van der Waals surface area contributed by atoms with Gasteiger partial charge in [-0.25, -0.2) is 9.67 Å². The first-order valence-corrected chi connectivity index (χ1v) is 6.42. The van der Waals surface area contributed by atoms with E-state index in [1.807, 2.05) is 24.3 Å². The Morgan fingerprint density at radius 2 is 2.21 bits per heavy atom. The fourth-order valence-corrected chi connectivity index (χ4v) is 1.99. The van der Waals surface area contributed by atoms with E-state index in [-0.39, 0.29) is 5.78 Å². The predicted octanol–water partition coefficient (Wildman–Crippen LogP) is 1.62. The Bertz CT molecular complexity index is 562. The summed E-state index contributed by atoms with van der Waals surface area (Å²) in [5, 5.41) is 4.11. The van der Waals surface area contributed by atoms with E-state index < -0.39 is 0 Å². The molecule has 0 unspecified atom stereocenters. The molecule has 0 radical (unpaired) electrons. The average Bonchev–Trinajstić information content (AvgIpc) is 2.77. The van der Waals surface area contributed by atoms with E-state index >= 15 is 0 Å². The van der Waals surface area contributed by atoms with Crippen molar-refractivity contribution in [3.8, 4) is 0 Å². The molecular weight excluding hydrogens is 240 g/mol. The van der Waals surface area contributed by atoms with Crippen LogP contribution in [-0.2, 0) is 24.2 Å². The molecular formula is C14H18N4O. The van der Waals surface area contributed by atoms with E-state index in [2.05, 4.69) is 17.0 Å². The Balaban J connectivity index is 1.99. The molecule has 1 aromatic heterocycles. The van der Waals surface area contributed by atoms with Gasteiger partial charge in [0, 0.05) is 18.7 Å². The molecule has 1 aromatic carbocycles. The first-order chi connectivity index (χ1) is 9.19. The topological polar surface area (TPSA) is 73.8 Å². The maximum absolute atomic E-state index is 12.0. The number of aromatic nitrogens is 3. The molecule has 2 N–H and O–H groups in total. The quantitative estimate of drug-likeness (QED) is 0.799. The Labute approximate surface area is 112 Å². The minimum Gasteiger partial charge on any atom is -0.399 e. The van der Waals surface area contributed by atoms with Crippen LogP contribution in [-0.4, -0.2) is 20.5 Å². The van der Waals surface area contributed by atoms with Crippen molar-refractivity contribution in [2.24, 2.45) is 0 Å². The molecule has 0 saturated heterocycles. The fourth-order valence-electron chi connectivity index (χ4n) is 1.99. The number of nitrogen functional groups attached to an aromatic ring is 1. The van der Waals surface area contributed by atoms with Crippen molar-refractivity contribution in [1.82, 2.24) is 14.8 Å². The second-order valence-corrected chi connectivity index (χ2v) is 4.54. The van der Waals surface area contributed by atoms with E-state index in [1.165, 1.54) is 6.33 Å². The zero-order valence-corrected chi connectivity index (χ0v) is 11.0. The Hall–Kier alpha value is -2.17. The van der Waals surface area contributed by atoms with Gasteiger partial charge >= 0.3 is 0 Å². The second kappa shape index (κ2) is 6.13. The van der Waals surface area contributed by atoms with Gasteiger partial charge in [-0.1, -0.05) is 19.1 Å². The Kier molecular flexibility index (Phi) is 4.28. The summed E-state index contributed by atoms with van der Waals surface area (Å²) in [6.45, 7) is 2.86. The minimum atomic E-state index is 0.121. The fraction of sp³-hybridized carbons (Fsp3) is 0.357. The highest BCUT2D eigenvalue weighted by Crippen LogP contribution is 2.09. The van der Waals surface area contributed by atoms with Crippen LogP contribution in [0.4, 0.5) is 5.69 Å². The zero-order chi connectivity index (χ0) is 13.7. The van der Waals surface area contributed by atoms with Gasteiger partial charge in [0.2, 0.25) is 0 Å². The molecule has 0 aliphatic rings. The summed E-state index contributed by atoms with van der Waals surface area (Å²) < 4.78 is 1.79. The van der Waals surface area contributed by atoms with Crippen LogP contribution in [0.1, 0.15) is 24.7 Å². The summed E-state index contributed by atoms with van der Waals surface area (Å²) >= 11 is 0. The highest BCUT2D eigenvalue weighted by atomic mass is 16.1. The lowest BCUT2D eigenvalue weighted by molar-refractivity contribution is -0.117. The van der Waals surface area contributed by atoms with Crippen molar-refractivity contribution in [2.45, 2.75) is 32.7 Å². The lowest BCUT2D eigenvalue weighted by Gasteiger charge is -2.04. The first kappa shape index (κ1) is 13.3. The van der Waals surface area contributed by atoms with Crippen LogP contribution in [0.2, 0.25) is 0 Å². The van der Waals surface area contributed by atoms with Crippen molar-refractivity contribution in [2.75, 3.05) is 5.73 Å². The van der Waals surface area contributed by atoms with Crippen molar-refractivity contribution in [3.63, 3.8) is 0 Å². The molecule has 0 saturated carbocycles. The number of ketones is 1. The van der Waals surface area contributed by atoms with Gasteiger partial charge in [0.25, 0.3) is 0 Å². The maximum Gasteiger partial charge on any atom is 0.144 e. The Morgan fingerprint density at radius 3 is 2.95 bits per heavy atom. The summed E-state index contributed by atoms with van der Waals surface area (Å²) in [4.78, 5) is 16.2. The van der Waals surface area contributed by atoms with Gasteiger partial charge < -0.3 is 5.73 Å². The van der Waals surface area contributed by atoms with E-state index in [0.717, 1.165) is 24.4 Å². The summed E-state index contributed by atoms with van der Waals surface area (Å²) in [5.41, 5.74) is 7.31. The largest absolute Gasteiger partial charge is 0.399 e. The molecule has 1 heterocycles. The molecule has 5 nitrogen and oxygen atoms in total. The molecule has 0 fully saturated rings. The number of rotatable bonds is 6. The van der Waals surface area contributed by atoms with Crippen LogP contribution >= 0.6 is 0 Å². The molecule has 0 aliphatic carbocycles. The van der Waals surface area contributed by atoms with Gasteiger partial charge in [-0.05, 0) is 24.1 Å². The number of Topliss-reactive ketones (excluding diaryl/α,β-unsaturated/α-hetero) is 1. The van der Waals surface area contributed by atoms with Gasteiger partial charge in [-0.2, -0.15) is 5.10 Å². The molecule has 5 heteroatoms. The van der Waals surface area contributed by atoms with Crippen LogP contribution in [0.25, 0.3) is 0 Å². The van der Waals surface area contributed by atoms with Crippen LogP contribution < -0.4 is 5.73 Å². The molecule has 2 aromatic rings. The van der Waals surface area contributed by atoms with E-state index in [4.69, 9.17) is 5.73 Å². The number of nitrogens with zero attached hydrogens (tertiary/aromatic N) is 3. The molecule has 0 atom stereocenters. The highest BCUT2D eigenvalue weighted by Gasteiger charge is 2.10. The normalized spacial score (nSPS) is 10.6. The lowest BCUT2D eigenvalue weighted by atomic mass is 10.1. The third-order valence-corrected chi connectivity index (χ3v) is 2.84. The maximum atomic E-state index is 12.0.